The third kappa shape index (κ3) is 5.37. The number of furan rings is 1. The van der Waals surface area contributed by atoms with E-state index in [0.717, 1.165) is 11.3 Å². The van der Waals surface area contributed by atoms with E-state index in [-0.39, 0.29) is 31.2 Å². The van der Waals surface area contributed by atoms with Crippen molar-refractivity contribution in [3.05, 3.63) is 83.3 Å². The first-order valence-electron chi connectivity index (χ1n) is 11.0. The quantitative estimate of drug-likeness (QED) is 0.511. The van der Waals surface area contributed by atoms with Crippen LogP contribution in [0.5, 0.6) is 11.5 Å². The molecule has 0 aliphatic carbocycles. The van der Waals surface area contributed by atoms with Gasteiger partial charge in [0.05, 0.1) is 6.54 Å². The predicted octanol–water partition coefficient (Wildman–Crippen LogP) is 4.40. The summed E-state index contributed by atoms with van der Waals surface area (Å²) >= 11 is 0. The summed E-state index contributed by atoms with van der Waals surface area (Å²) < 4.78 is 16.6. The highest BCUT2D eigenvalue weighted by molar-refractivity contribution is 5.96. The van der Waals surface area contributed by atoms with Gasteiger partial charge < -0.3 is 23.7 Å². The highest BCUT2D eigenvalue weighted by Gasteiger charge is 2.26. The number of fused-ring (bicyclic) bond motifs is 1. The summed E-state index contributed by atoms with van der Waals surface area (Å²) in [6.07, 6.45) is 0. The SMILES string of the molecule is Cc1ccc(CN(Cc2ccc3c(c2)OCO3)C(=O)CN(C(=O)c2ccccc2)C(C)C)o1. The molecule has 7 nitrogen and oxygen atoms in total. The van der Waals surface area contributed by atoms with Crippen molar-refractivity contribution in [3.63, 3.8) is 0 Å². The van der Waals surface area contributed by atoms with Crippen molar-refractivity contribution in [2.45, 2.75) is 39.9 Å². The minimum atomic E-state index is -0.171. The van der Waals surface area contributed by atoms with Crippen molar-refractivity contribution in [3.8, 4) is 11.5 Å². The van der Waals surface area contributed by atoms with Crippen LogP contribution in [0.15, 0.2) is 65.1 Å². The van der Waals surface area contributed by atoms with Crippen molar-refractivity contribution in [1.29, 1.82) is 0 Å². The standard InChI is InChI=1S/C26H28N2O5/c1-18(2)28(26(30)21-7-5-4-6-8-21)16-25(29)27(15-22-11-9-19(3)33-22)14-20-10-12-23-24(13-20)32-17-31-23/h4-13,18H,14-17H2,1-3H3. The highest BCUT2D eigenvalue weighted by atomic mass is 16.7. The van der Waals surface area contributed by atoms with Crippen LogP contribution in [0.3, 0.4) is 0 Å². The topological polar surface area (TPSA) is 72.2 Å². The summed E-state index contributed by atoms with van der Waals surface area (Å²) in [6.45, 7) is 6.49. The number of amides is 2. The number of nitrogens with zero attached hydrogens (tertiary/aromatic N) is 2. The van der Waals surface area contributed by atoms with E-state index in [1.165, 1.54) is 0 Å². The van der Waals surface area contributed by atoms with Gasteiger partial charge in [-0.15, -0.1) is 0 Å². The summed E-state index contributed by atoms with van der Waals surface area (Å²) in [5, 5.41) is 0. The Morgan fingerprint density at radius 3 is 2.39 bits per heavy atom. The van der Waals surface area contributed by atoms with Crippen molar-refractivity contribution >= 4 is 11.8 Å². The van der Waals surface area contributed by atoms with Crippen LogP contribution in [0.1, 0.15) is 41.3 Å². The Labute approximate surface area is 193 Å². The highest BCUT2D eigenvalue weighted by Crippen LogP contribution is 2.33. The fourth-order valence-corrected chi connectivity index (χ4v) is 3.73. The fraction of sp³-hybridized carbons (Fsp3) is 0.308. The summed E-state index contributed by atoms with van der Waals surface area (Å²) in [4.78, 5) is 29.9. The molecule has 0 radical (unpaired) electrons. The van der Waals surface area contributed by atoms with Crippen LogP contribution in [0.4, 0.5) is 0 Å². The van der Waals surface area contributed by atoms with Crippen LogP contribution >= 0.6 is 0 Å². The fourth-order valence-electron chi connectivity index (χ4n) is 3.73. The van der Waals surface area contributed by atoms with E-state index in [1.807, 2.05) is 69.3 Å². The zero-order valence-corrected chi connectivity index (χ0v) is 19.1. The molecule has 0 spiro atoms. The van der Waals surface area contributed by atoms with Crippen LogP contribution in [-0.4, -0.2) is 41.0 Å². The zero-order valence-electron chi connectivity index (χ0n) is 19.1. The molecule has 3 aromatic rings. The third-order valence-corrected chi connectivity index (χ3v) is 5.52. The average molecular weight is 449 g/mol. The second-order valence-electron chi connectivity index (χ2n) is 8.34. The Balaban J connectivity index is 1.55. The number of hydrogen-bond donors (Lipinski definition) is 0. The first kappa shape index (κ1) is 22.5. The van der Waals surface area contributed by atoms with Gasteiger partial charge in [-0.1, -0.05) is 24.3 Å². The summed E-state index contributed by atoms with van der Waals surface area (Å²) in [7, 11) is 0. The van der Waals surface area contributed by atoms with Crippen LogP contribution in [0, 0.1) is 6.92 Å². The number of benzene rings is 2. The van der Waals surface area contributed by atoms with Gasteiger partial charge in [0.1, 0.15) is 18.1 Å². The van der Waals surface area contributed by atoms with Crippen molar-refractivity contribution < 1.29 is 23.5 Å². The van der Waals surface area contributed by atoms with Crippen molar-refractivity contribution in [2.75, 3.05) is 13.3 Å². The number of ether oxygens (including phenoxy) is 2. The molecular weight excluding hydrogens is 420 g/mol. The van der Waals surface area contributed by atoms with E-state index in [9.17, 15) is 9.59 Å². The Hall–Kier alpha value is -3.74. The molecule has 4 rings (SSSR count). The molecule has 1 aliphatic heterocycles. The molecule has 1 aromatic heterocycles. The van der Waals surface area contributed by atoms with Gasteiger partial charge in [-0.3, -0.25) is 9.59 Å². The lowest BCUT2D eigenvalue weighted by Gasteiger charge is -2.30. The summed E-state index contributed by atoms with van der Waals surface area (Å²) in [5.74, 6) is 2.49. The van der Waals surface area contributed by atoms with Gasteiger partial charge in [-0.05, 0) is 62.7 Å². The molecular formula is C26H28N2O5. The molecule has 2 aromatic carbocycles. The van der Waals surface area contributed by atoms with Crippen LogP contribution in [0.25, 0.3) is 0 Å². The smallest absolute Gasteiger partial charge is 0.254 e. The van der Waals surface area contributed by atoms with Gasteiger partial charge in [-0.25, -0.2) is 0 Å². The Kier molecular flexibility index (Phi) is 6.68. The molecule has 0 atom stereocenters. The Morgan fingerprint density at radius 2 is 1.70 bits per heavy atom. The summed E-state index contributed by atoms with van der Waals surface area (Å²) in [6, 6.07) is 18.3. The molecule has 1 aliphatic rings. The van der Waals surface area contributed by atoms with Gasteiger partial charge in [0.25, 0.3) is 5.91 Å². The molecule has 2 heterocycles. The maximum Gasteiger partial charge on any atom is 0.254 e. The first-order chi connectivity index (χ1) is 15.9. The maximum atomic E-state index is 13.5. The number of rotatable bonds is 8. The monoisotopic (exact) mass is 448 g/mol. The lowest BCUT2D eigenvalue weighted by molar-refractivity contribution is -0.133. The van der Waals surface area contributed by atoms with Crippen molar-refractivity contribution in [1.82, 2.24) is 9.80 Å². The minimum Gasteiger partial charge on any atom is -0.464 e. The second-order valence-corrected chi connectivity index (χ2v) is 8.34. The predicted molar refractivity (Wildman–Crippen MR) is 123 cm³/mol. The molecule has 2 amide bonds. The molecule has 7 heteroatoms. The molecule has 0 saturated carbocycles. The average Bonchev–Trinajstić information content (AvgIpc) is 3.45. The number of carbonyl (C=O) groups is 2. The van der Waals surface area contributed by atoms with Gasteiger partial charge in [-0.2, -0.15) is 0 Å². The maximum absolute atomic E-state index is 13.5. The van der Waals surface area contributed by atoms with Crippen LogP contribution in [0.2, 0.25) is 0 Å². The molecule has 0 fully saturated rings. The lowest BCUT2D eigenvalue weighted by atomic mass is 10.1. The van der Waals surface area contributed by atoms with Crippen molar-refractivity contribution in [2.24, 2.45) is 0 Å². The van der Waals surface area contributed by atoms with E-state index in [1.54, 1.807) is 21.9 Å². The molecule has 0 unspecified atom stereocenters. The Bertz CT molecular complexity index is 1120. The first-order valence-corrected chi connectivity index (χ1v) is 11.0. The number of aryl methyl sites for hydroxylation is 1. The normalized spacial score (nSPS) is 12.1. The number of hydrogen-bond acceptors (Lipinski definition) is 5. The third-order valence-electron chi connectivity index (χ3n) is 5.52. The zero-order chi connectivity index (χ0) is 23.4. The minimum absolute atomic E-state index is 0.0321. The largest absolute Gasteiger partial charge is 0.464 e. The number of carbonyl (C=O) groups excluding carboxylic acids is 2. The molecule has 0 bridgehead atoms. The van der Waals surface area contributed by atoms with Gasteiger partial charge in [0, 0.05) is 18.2 Å². The van der Waals surface area contributed by atoms with E-state index in [2.05, 4.69) is 0 Å². The molecule has 0 saturated heterocycles. The Morgan fingerprint density at radius 1 is 0.939 bits per heavy atom. The molecule has 0 N–H and O–H groups in total. The van der Waals surface area contributed by atoms with E-state index in [4.69, 9.17) is 13.9 Å². The molecule has 172 valence electrons. The van der Waals surface area contributed by atoms with Crippen LogP contribution < -0.4 is 9.47 Å². The molecule has 33 heavy (non-hydrogen) atoms. The summed E-state index contributed by atoms with van der Waals surface area (Å²) in [5.41, 5.74) is 1.46. The van der Waals surface area contributed by atoms with E-state index in [0.29, 0.717) is 35.9 Å². The van der Waals surface area contributed by atoms with Gasteiger partial charge in [0.15, 0.2) is 11.5 Å². The van der Waals surface area contributed by atoms with Gasteiger partial charge in [0.2, 0.25) is 12.7 Å². The van der Waals surface area contributed by atoms with E-state index < -0.39 is 0 Å². The van der Waals surface area contributed by atoms with Crippen LogP contribution in [-0.2, 0) is 17.9 Å². The van der Waals surface area contributed by atoms with Gasteiger partial charge >= 0.3 is 0 Å². The lowest BCUT2D eigenvalue weighted by Crippen LogP contribution is -2.45. The van der Waals surface area contributed by atoms with E-state index >= 15 is 0 Å². The second kappa shape index (κ2) is 9.81.